The number of morpholine rings is 1. The number of benzene rings is 2. The van der Waals surface area contributed by atoms with Gasteiger partial charge >= 0.3 is 6.18 Å². The van der Waals surface area contributed by atoms with Crippen LogP contribution in [0.3, 0.4) is 0 Å². The molecule has 2 aromatic carbocycles. The Balaban J connectivity index is 1.35. The SMILES string of the molecule is Cc1cc(N2CCOCC2)nc(Nc2ccc(NC(=O)Cc3ccc(C(F)(F)F)cc3)cc2)n1. The van der Waals surface area contributed by atoms with Crippen LogP contribution in [0, 0.1) is 6.92 Å². The predicted octanol–water partition coefficient (Wildman–Crippen LogP) is 4.57. The first-order chi connectivity index (χ1) is 16.3. The second kappa shape index (κ2) is 10.1. The van der Waals surface area contributed by atoms with E-state index in [1.165, 1.54) is 12.1 Å². The number of carbonyl (C=O) groups is 1. The highest BCUT2D eigenvalue weighted by atomic mass is 19.4. The van der Waals surface area contributed by atoms with Crippen LogP contribution >= 0.6 is 0 Å². The van der Waals surface area contributed by atoms with Crippen molar-refractivity contribution in [2.45, 2.75) is 19.5 Å². The van der Waals surface area contributed by atoms with E-state index in [1.807, 2.05) is 13.0 Å². The van der Waals surface area contributed by atoms with Crippen LogP contribution in [0.1, 0.15) is 16.8 Å². The molecule has 1 aliphatic heterocycles. The van der Waals surface area contributed by atoms with Crippen LogP contribution in [-0.4, -0.2) is 42.2 Å². The number of nitrogens with one attached hydrogen (secondary N) is 2. The molecule has 0 atom stereocenters. The highest BCUT2D eigenvalue weighted by Gasteiger charge is 2.30. The molecule has 0 unspecified atom stereocenters. The molecule has 2 N–H and O–H groups in total. The lowest BCUT2D eigenvalue weighted by molar-refractivity contribution is -0.137. The van der Waals surface area contributed by atoms with Crippen LogP contribution < -0.4 is 15.5 Å². The summed E-state index contributed by atoms with van der Waals surface area (Å²) in [5, 5.41) is 5.93. The molecule has 0 bridgehead atoms. The van der Waals surface area contributed by atoms with Crippen molar-refractivity contribution in [2.24, 2.45) is 0 Å². The summed E-state index contributed by atoms with van der Waals surface area (Å²) in [7, 11) is 0. The molecule has 1 saturated heterocycles. The summed E-state index contributed by atoms with van der Waals surface area (Å²) in [5.41, 5.74) is 1.91. The third-order valence-corrected chi connectivity index (χ3v) is 5.25. The van der Waals surface area contributed by atoms with Crippen molar-refractivity contribution in [1.82, 2.24) is 9.97 Å². The Hall–Kier alpha value is -3.66. The summed E-state index contributed by atoms with van der Waals surface area (Å²) in [6, 6.07) is 13.5. The van der Waals surface area contributed by atoms with Gasteiger partial charge in [-0.25, -0.2) is 4.98 Å². The van der Waals surface area contributed by atoms with E-state index >= 15 is 0 Å². The standard InChI is InChI=1S/C24H24F3N5O2/c1-16-14-21(32-10-12-34-13-11-32)31-23(28-16)30-20-8-6-19(7-9-20)29-22(33)15-17-2-4-18(5-3-17)24(25,26)27/h2-9,14H,10-13,15H2,1H3,(H,29,33)(H,28,30,31). The average molecular weight is 471 g/mol. The smallest absolute Gasteiger partial charge is 0.378 e. The minimum absolute atomic E-state index is 0.0282. The van der Waals surface area contributed by atoms with Crippen molar-refractivity contribution in [3.8, 4) is 0 Å². The molecule has 7 nitrogen and oxygen atoms in total. The van der Waals surface area contributed by atoms with Gasteiger partial charge in [0, 0.05) is 36.2 Å². The normalized spacial score (nSPS) is 14.1. The molecular weight excluding hydrogens is 447 g/mol. The second-order valence-electron chi connectivity index (χ2n) is 7.91. The molecule has 10 heteroatoms. The van der Waals surface area contributed by atoms with Crippen LogP contribution in [0.5, 0.6) is 0 Å². The van der Waals surface area contributed by atoms with Gasteiger partial charge in [-0.05, 0) is 48.9 Å². The van der Waals surface area contributed by atoms with Gasteiger partial charge < -0.3 is 20.3 Å². The molecule has 34 heavy (non-hydrogen) atoms. The summed E-state index contributed by atoms with van der Waals surface area (Å²) in [5.74, 6) is 0.990. The molecule has 0 spiro atoms. The van der Waals surface area contributed by atoms with E-state index in [0.717, 1.165) is 42.4 Å². The highest BCUT2D eigenvalue weighted by Crippen LogP contribution is 2.29. The summed E-state index contributed by atoms with van der Waals surface area (Å²) in [4.78, 5) is 23.5. The number of hydrogen-bond acceptors (Lipinski definition) is 6. The van der Waals surface area contributed by atoms with Crippen LogP contribution in [0.4, 0.5) is 36.3 Å². The maximum atomic E-state index is 12.7. The Morgan fingerprint density at radius 1 is 1.00 bits per heavy atom. The van der Waals surface area contributed by atoms with Crippen molar-refractivity contribution >= 4 is 29.0 Å². The zero-order valence-electron chi connectivity index (χ0n) is 18.5. The number of ether oxygens (including phenoxy) is 1. The van der Waals surface area contributed by atoms with Crippen LogP contribution in [0.15, 0.2) is 54.6 Å². The predicted molar refractivity (Wildman–Crippen MR) is 123 cm³/mol. The molecule has 3 aromatic rings. The molecule has 0 saturated carbocycles. The fourth-order valence-electron chi connectivity index (χ4n) is 3.53. The maximum absolute atomic E-state index is 12.7. The van der Waals surface area contributed by atoms with Crippen LogP contribution in [0.2, 0.25) is 0 Å². The van der Waals surface area contributed by atoms with Crippen molar-refractivity contribution in [3.63, 3.8) is 0 Å². The lowest BCUT2D eigenvalue weighted by Gasteiger charge is -2.28. The number of amides is 1. The molecular formula is C24H24F3N5O2. The number of alkyl halides is 3. The van der Waals surface area contributed by atoms with E-state index in [4.69, 9.17) is 4.74 Å². The highest BCUT2D eigenvalue weighted by molar-refractivity contribution is 5.92. The van der Waals surface area contributed by atoms with Gasteiger partial charge in [0.25, 0.3) is 0 Å². The van der Waals surface area contributed by atoms with E-state index in [2.05, 4.69) is 25.5 Å². The number of halogens is 3. The third kappa shape index (κ3) is 6.22. The first kappa shape index (κ1) is 23.5. The van der Waals surface area contributed by atoms with Crippen molar-refractivity contribution in [3.05, 3.63) is 71.4 Å². The number of nitrogens with zero attached hydrogens (tertiary/aromatic N) is 3. The van der Waals surface area contributed by atoms with Gasteiger partial charge in [-0.3, -0.25) is 4.79 Å². The van der Waals surface area contributed by atoms with Crippen LogP contribution in [0.25, 0.3) is 0 Å². The Morgan fingerprint density at radius 2 is 1.65 bits per heavy atom. The molecule has 1 amide bonds. The quantitative estimate of drug-likeness (QED) is 0.549. The second-order valence-corrected chi connectivity index (χ2v) is 7.91. The van der Waals surface area contributed by atoms with Gasteiger partial charge in [0.2, 0.25) is 11.9 Å². The molecule has 0 radical (unpaired) electrons. The van der Waals surface area contributed by atoms with Crippen LogP contribution in [-0.2, 0) is 22.1 Å². The Bertz CT molecular complexity index is 1130. The molecule has 1 fully saturated rings. The van der Waals surface area contributed by atoms with E-state index in [-0.39, 0.29) is 12.3 Å². The monoisotopic (exact) mass is 471 g/mol. The van der Waals surface area contributed by atoms with Gasteiger partial charge in [0.1, 0.15) is 5.82 Å². The van der Waals surface area contributed by atoms with Crippen molar-refractivity contribution in [1.29, 1.82) is 0 Å². The summed E-state index contributed by atoms with van der Waals surface area (Å²) in [6.45, 7) is 4.79. The summed E-state index contributed by atoms with van der Waals surface area (Å²) >= 11 is 0. The maximum Gasteiger partial charge on any atom is 0.416 e. The van der Waals surface area contributed by atoms with E-state index in [9.17, 15) is 18.0 Å². The number of hydrogen-bond donors (Lipinski definition) is 2. The van der Waals surface area contributed by atoms with E-state index < -0.39 is 11.7 Å². The number of carbonyl (C=O) groups excluding carboxylic acids is 1. The Morgan fingerprint density at radius 3 is 2.29 bits per heavy atom. The van der Waals surface area contributed by atoms with Gasteiger partial charge in [0.05, 0.1) is 25.2 Å². The van der Waals surface area contributed by atoms with Gasteiger partial charge in [-0.1, -0.05) is 12.1 Å². The number of aryl methyl sites for hydroxylation is 1. The zero-order chi connectivity index (χ0) is 24.1. The number of rotatable bonds is 6. The first-order valence-corrected chi connectivity index (χ1v) is 10.8. The molecule has 2 heterocycles. The fourth-order valence-corrected chi connectivity index (χ4v) is 3.53. The lowest BCUT2D eigenvalue weighted by Crippen LogP contribution is -2.36. The number of aromatic nitrogens is 2. The fraction of sp³-hybridized carbons (Fsp3) is 0.292. The summed E-state index contributed by atoms with van der Waals surface area (Å²) in [6.07, 6.45) is -4.43. The third-order valence-electron chi connectivity index (χ3n) is 5.25. The molecule has 4 rings (SSSR count). The van der Waals surface area contributed by atoms with Gasteiger partial charge in [-0.2, -0.15) is 18.2 Å². The molecule has 0 aliphatic carbocycles. The lowest BCUT2D eigenvalue weighted by atomic mass is 10.1. The largest absolute Gasteiger partial charge is 0.416 e. The Labute approximate surface area is 195 Å². The number of anilines is 4. The van der Waals surface area contributed by atoms with E-state index in [0.29, 0.717) is 30.4 Å². The zero-order valence-corrected chi connectivity index (χ0v) is 18.5. The minimum atomic E-state index is -4.40. The molecule has 1 aliphatic rings. The average Bonchev–Trinajstić information content (AvgIpc) is 2.80. The first-order valence-electron chi connectivity index (χ1n) is 10.8. The van der Waals surface area contributed by atoms with Crippen molar-refractivity contribution in [2.75, 3.05) is 41.8 Å². The van der Waals surface area contributed by atoms with Gasteiger partial charge in [-0.15, -0.1) is 0 Å². The topological polar surface area (TPSA) is 79.4 Å². The molecule has 1 aromatic heterocycles. The van der Waals surface area contributed by atoms with Gasteiger partial charge in [0.15, 0.2) is 0 Å². The Kier molecular flexibility index (Phi) is 6.97. The van der Waals surface area contributed by atoms with E-state index in [1.54, 1.807) is 24.3 Å². The summed E-state index contributed by atoms with van der Waals surface area (Å²) < 4.78 is 43.4. The minimum Gasteiger partial charge on any atom is -0.378 e. The van der Waals surface area contributed by atoms with Crippen molar-refractivity contribution < 1.29 is 22.7 Å². The molecule has 178 valence electrons.